The molecule has 8 heteroatoms. The lowest BCUT2D eigenvalue weighted by atomic mass is 9.95. The molecule has 0 saturated heterocycles. The second-order valence-corrected chi connectivity index (χ2v) is 7.95. The maximum absolute atomic E-state index is 12.0. The fourth-order valence-electron chi connectivity index (χ4n) is 2.45. The number of nitrogens with one attached hydrogen (secondary N) is 1. The van der Waals surface area contributed by atoms with Crippen molar-refractivity contribution in [3.63, 3.8) is 0 Å². The van der Waals surface area contributed by atoms with Gasteiger partial charge in [-0.2, -0.15) is 0 Å². The molecule has 0 heterocycles. The normalized spacial score (nSPS) is 23.1. The van der Waals surface area contributed by atoms with Crippen LogP contribution in [0.5, 0.6) is 0 Å². The third kappa shape index (κ3) is 6.33. The number of urea groups is 1. The van der Waals surface area contributed by atoms with Crippen LogP contribution < -0.4 is 5.32 Å². The van der Waals surface area contributed by atoms with E-state index in [0.717, 1.165) is 25.5 Å². The highest BCUT2D eigenvalue weighted by Crippen LogP contribution is 2.24. The maximum atomic E-state index is 12.0. The lowest BCUT2D eigenvalue weighted by molar-refractivity contribution is -0.142. The zero-order chi connectivity index (χ0) is 16.0. The number of hydrogen-bond donors (Lipinski definition) is 2. The van der Waals surface area contributed by atoms with Gasteiger partial charge >= 0.3 is 12.0 Å². The Kier molecular flexibility index (Phi) is 6.44. The highest BCUT2D eigenvalue weighted by atomic mass is 32.2. The first-order valence-electron chi connectivity index (χ1n) is 7.13. The molecule has 0 bridgehead atoms. The van der Waals surface area contributed by atoms with Crippen LogP contribution in [0.3, 0.4) is 0 Å². The first-order valence-corrected chi connectivity index (χ1v) is 9.19. The SMILES string of the molecule is CN(CCS(C)(=O)=O)C(=O)NC1CCCCCC1C(=O)O. The van der Waals surface area contributed by atoms with Gasteiger partial charge in [0.1, 0.15) is 9.84 Å². The quantitative estimate of drug-likeness (QED) is 0.726. The molecular formula is C13H24N2O5S. The second-order valence-electron chi connectivity index (χ2n) is 5.69. The molecule has 2 unspecified atom stereocenters. The largest absolute Gasteiger partial charge is 0.481 e. The molecule has 2 atom stereocenters. The Morgan fingerprint density at radius 2 is 1.86 bits per heavy atom. The summed E-state index contributed by atoms with van der Waals surface area (Å²) >= 11 is 0. The van der Waals surface area contributed by atoms with Crippen LogP contribution >= 0.6 is 0 Å². The minimum absolute atomic E-state index is 0.0924. The van der Waals surface area contributed by atoms with Gasteiger partial charge in [0, 0.05) is 25.9 Å². The molecule has 1 rings (SSSR count). The van der Waals surface area contributed by atoms with E-state index in [2.05, 4.69) is 5.32 Å². The summed E-state index contributed by atoms with van der Waals surface area (Å²) in [6.07, 6.45) is 5.04. The van der Waals surface area contributed by atoms with Crippen molar-refractivity contribution in [1.82, 2.24) is 10.2 Å². The number of aliphatic carboxylic acids is 1. The summed E-state index contributed by atoms with van der Waals surface area (Å²) < 4.78 is 22.2. The molecule has 0 radical (unpaired) electrons. The first-order chi connectivity index (χ1) is 9.70. The molecule has 1 fully saturated rings. The van der Waals surface area contributed by atoms with Gasteiger partial charge in [0.25, 0.3) is 0 Å². The zero-order valence-electron chi connectivity index (χ0n) is 12.5. The number of carbonyl (C=O) groups excluding carboxylic acids is 1. The average Bonchev–Trinajstić information content (AvgIpc) is 2.60. The van der Waals surface area contributed by atoms with Gasteiger partial charge in [0.2, 0.25) is 0 Å². The number of amides is 2. The van der Waals surface area contributed by atoms with Crippen LogP contribution in [0.25, 0.3) is 0 Å². The van der Waals surface area contributed by atoms with E-state index in [0.29, 0.717) is 12.8 Å². The van der Waals surface area contributed by atoms with Gasteiger partial charge in [0.05, 0.1) is 11.7 Å². The summed E-state index contributed by atoms with van der Waals surface area (Å²) in [4.78, 5) is 24.6. The van der Waals surface area contributed by atoms with Gasteiger partial charge in [-0.25, -0.2) is 13.2 Å². The Morgan fingerprint density at radius 3 is 2.43 bits per heavy atom. The first kappa shape index (κ1) is 17.7. The number of carboxylic acid groups (broad SMARTS) is 1. The topological polar surface area (TPSA) is 104 Å². The Morgan fingerprint density at radius 1 is 1.24 bits per heavy atom. The third-order valence-corrected chi connectivity index (χ3v) is 4.71. The standard InChI is InChI=1S/C13H24N2O5S/c1-15(8-9-21(2,19)20)13(18)14-11-7-5-3-4-6-10(11)12(16)17/h10-11H,3-9H2,1-2H3,(H,14,18)(H,16,17). The third-order valence-electron chi connectivity index (χ3n) is 3.79. The molecule has 1 aliphatic rings. The number of hydrogen-bond acceptors (Lipinski definition) is 4. The molecule has 21 heavy (non-hydrogen) atoms. The highest BCUT2D eigenvalue weighted by Gasteiger charge is 2.31. The van der Waals surface area contributed by atoms with E-state index in [-0.39, 0.29) is 12.3 Å². The van der Waals surface area contributed by atoms with Crippen molar-refractivity contribution in [3.05, 3.63) is 0 Å². The van der Waals surface area contributed by atoms with E-state index in [4.69, 9.17) is 0 Å². The van der Waals surface area contributed by atoms with E-state index >= 15 is 0 Å². The number of nitrogens with zero attached hydrogens (tertiary/aromatic N) is 1. The minimum Gasteiger partial charge on any atom is -0.481 e. The van der Waals surface area contributed by atoms with Crippen molar-refractivity contribution in [3.8, 4) is 0 Å². The Labute approximate surface area is 125 Å². The van der Waals surface area contributed by atoms with Gasteiger partial charge in [-0.3, -0.25) is 4.79 Å². The smallest absolute Gasteiger partial charge is 0.317 e. The van der Waals surface area contributed by atoms with Crippen molar-refractivity contribution in [2.24, 2.45) is 5.92 Å². The van der Waals surface area contributed by atoms with E-state index < -0.39 is 33.8 Å². The van der Waals surface area contributed by atoms with Crippen molar-refractivity contribution >= 4 is 21.8 Å². The Bertz CT molecular complexity index is 477. The van der Waals surface area contributed by atoms with E-state index in [1.165, 1.54) is 11.9 Å². The molecule has 2 amide bonds. The summed E-state index contributed by atoms with van der Waals surface area (Å²) in [6, 6.07) is -0.810. The van der Waals surface area contributed by atoms with Crippen molar-refractivity contribution < 1.29 is 23.1 Å². The fourth-order valence-corrected chi connectivity index (χ4v) is 3.05. The summed E-state index contributed by atoms with van der Waals surface area (Å²) in [5.74, 6) is -1.56. The molecule has 0 aliphatic heterocycles. The molecule has 122 valence electrons. The highest BCUT2D eigenvalue weighted by molar-refractivity contribution is 7.90. The molecule has 1 aliphatic carbocycles. The van der Waals surface area contributed by atoms with Crippen LogP contribution in [0.1, 0.15) is 32.1 Å². The van der Waals surface area contributed by atoms with Gasteiger partial charge in [-0.15, -0.1) is 0 Å². The van der Waals surface area contributed by atoms with Crippen LogP contribution in [0.15, 0.2) is 0 Å². The minimum atomic E-state index is -3.13. The van der Waals surface area contributed by atoms with Crippen LogP contribution in [-0.2, 0) is 14.6 Å². The lowest BCUT2D eigenvalue weighted by Gasteiger charge is -2.26. The number of carboxylic acids is 1. The molecule has 1 saturated carbocycles. The van der Waals surface area contributed by atoms with Crippen LogP contribution in [0, 0.1) is 5.92 Å². The number of carbonyl (C=O) groups is 2. The van der Waals surface area contributed by atoms with Gasteiger partial charge < -0.3 is 15.3 Å². The predicted octanol–water partition coefficient (Wildman–Crippen LogP) is 0.706. The summed E-state index contributed by atoms with van der Waals surface area (Å²) in [5.41, 5.74) is 0. The summed E-state index contributed by atoms with van der Waals surface area (Å²) in [7, 11) is -1.62. The molecule has 0 aromatic heterocycles. The van der Waals surface area contributed by atoms with E-state index in [1.807, 2.05) is 0 Å². The average molecular weight is 320 g/mol. The number of sulfone groups is 1. The van der Waals surface area contributed by atoms with Crippen molar-refractivity contribution in [2.45, 2.75) is 38.1 Å². The van der Waals surface area contributed by atoms with Crippen molar-refractivity contribution in [2.75, 3.05) is 25.6 Å². The monoisotopic (exact) mass is 320 g/mol. The van der Waals surface area contributed by atoms with Gasteiger partial charge in [-0.05, 0) is 12.8 Å². The number of rotatable bonds is 5. The molecule has 0 spiro atoms. The molecular weight excluding hydrogens is 296 g/mol. The fraction of sp³-hybridized carbons (Fsp3) is 0.846. The Balaban J connectivity index is 2.59. The van der Waals surface area contributed by atoms with Gasteiger partial charge in [-0.1, -0.05) is 19.3 Å². The molecule has 2 N–H and O–H groups in total. The van der Waals surface area contributed by atoms with Crippen LogP contribution in [-0.4, -0.2) is 62.1 Å². The van der Waals surface area contributed by atoms with E-state index in [1.54, 1.807) is 0 Å². The van der Waals surface area contributed by atoms with Crippen LogP contribution in [0.4, 0.5) is 4.79 Å². The Hall–Kier alpha value is -1.31. The van der Waals surface area contributed by atoms with E-state index in [9.17, 15) is 23.1 Å². The van der Waals surface area contributed by atoms with Crippen molar-refractivity contribution in [1.29, 1.82) is 0 Å². The summed E-state index contributed by atoms with van der Waals surface area (Å²) in [5, 5.41) is 12.0. The molecule has 7 nitrogen and oxygen atoms in total. The summed E-state index contributed by atoms with van der Waals surface area (Å²) in [6.45, 7) is 0.0924. The second kappa shape index (κ2) is 7.63. The molecule has 0 aromatic carbocycles. The molecule has 0 aromatic rings. The van der Waals surface area contributed by atoms with Crippen LogP contribution in [0.2, 0.25) is 0 Å². The zero-order valence-corrected chi connectivity index (χ0v) is 13.4. The lowest BCUT2D eigenvalue weighted by Crippen LogP contribution is -2.48. The van der Waals surface area contributed by atoms with Gasteiger partial charge in [0.15, 0.2) is 0 Å². The maximum Gasteiger partial charge on any atom is 0.317 e. The predicted molar refractivity (Wildman–Crippen MR) is 78.9 cm³/mol.